The lowest BCUT2D eigenvalue weighted by Crippen LogP contribution is -2.32. The fourth-order valence-corrected chi connectivity index (χ4v) is 2.89. The van der Waals surface area contributed by atoms with E-state index in [1.54, 1.807) is 30.3 Å². The SMILES string of the molecule is CN(C)CCOc1ccccc1C(=O)N[C@H]1CCOc2c(F)cccc21. The summed E-state index contributed by atoms with van der Waals surface area (Å²) in [5, 5.41) is 2.98. The number of likely N-dealkylation sites (N-methyl/N-ethyl adjacent to an activating group) is 1. The second-order valence-electron chi connectivity index (χ2n) is 6.47. The maximum absolute atomic E-state index is 13.9. The van der Waals surface area contributed by atoms with E-state index in [0.717, 1.165) is 6.54 Å². The summed E-state index contributed by atoms with van der Waals surface area (Å²) < 4.78 is 25.1. The number of hydrogen-bond acceptors (Lipinski definition) is 4. The lowest BCUT2D eigenvalue weighted by Gasteiger charge is -2.27. The van der Waals surface area contributed by atoms with Crippen LogP contribution in [-0.2, 0) is 0 Å². The zero-order valence-corrected chi connectivity index (χ0v) is 15.0. The quantitative estimate of drug-likeness (QED) is 0.862. The number of rotatable bonds is 6. The molecule has 1 aliphatic rings. The summed E-state index contributed by atoms with van der Waals surface area (Å²) in [4.78, 5) is 14.8. The van der Waals surface area contributed by atoms with E-state index < -0.39 is 5.82 Å². The van der Waals surface area contributed by atoms with Gasteiger partial charge >= 0.3 is 0 Å². The molecule has 0 aliphatic carbocycles. The standard InChI is InChI=1S/C20H23FN2O3/c1-23(2)11-13-25-18-9-4-3-6-15(18)20(24)22-17-10-12-26-19-14(17)7-5-8-16(19)21/h3-9,17H,10-13H2,1-2H3,(H,22,24)/t17-/m0/s1. The van der Waals surface area contributed by atoms with Gasteiger partial charge < -0.3 is 19.7 Å². The first-order valence-electron chi connectivity index (χ1n) is 8.65. The third-order valence-corrected chi connectivity index (χ3v) is 4.26. The van der Waals surface area contributed by atoms with Crippen molar-refractivity contribution in [1.29, 1.82) is 0 Å². The highest BCUT2D eigenvalue weighted by molar-refractivity contribution is 5.97. The van der Waals surface area contributed by atoms with Crippen molar-refractivity contribution in [2.45, 2.75) is 12.5 Å². The molecule has 2 aromatic carbocycles. The van der Waals surface area contributed by atoms with E-state index in [0.29, 0.717) is 36.5 Å². The molecule has 2 aromatic rings. The van der Waals surface area contributed by atoms with Crippen molar-refractivity contribution in [1.82, 2.24) is 10.2 Å². The fourth-order valence-electron chi connectivity index (χ4n) is 2.89. The third-order valence-electron chi connectivity index (χ3n) is 4.26. The Morgan fingerprint density at radius 2 is 2.08 bits per heavy atom. The van der Waals surface area contributed by atoms with Gasteiger partial charge in [-0.1, -0.05) is 24.3 Å². The minimum Gasteiger partial charge on any atom is -0.491 e. The Balaban J connectivity index is 1.75. The highest BCUT2D eigenvalue weighted by atomic mass is 19.1. The van der Waals surface area contributed by atoms with Crippen LogP contribution in [-0.4, -0.2) is 44.7 Å². The Morgan fingerprint density at radius 3 is 2.88 bits per heavy atom. The van der Waals surface area contributed by atoms with E-state index in [9.17, 15) is 9.18 Å². The number of carbonyl (C=O) groups excluding carboxylic acids is 1. The Kier molecular flexibility index (Phi) is 5.73. The number of hydrogen-bond donors (Lipinski definition) is 1. The van der Waals surface area contributed by atoms with Gasteiger partial charge in [0.15, 0.2) is 11.6 Å². The molecule has 26 heavy (non-hydrogen) atoms. The van der Waals surface area contributed by atoms with E-state index in [1.807, 2.05) is 25.1 Å². The van der Waals surface area contributed by atoms with Crippen molar-refractivity contribution >= 4 is 5.91 Å². The van der Waals surface area contributed by atoms with Gasteiger partial charge in [-0.2, -0.15) is 0 Å². The van der Waals surface area contributed by atoms with Crippen molar-refractivity contribution in [3.8, 4) is 11.5 Å². The minimum atomic E-state index is -0.408. The summed E-state index contributed by atoms with van der Waals surface area (Å²) in [5.41, 5.74) is 1.13. The Morgan fingerprint density at radius 1 is 1.27 bits per heavy atom. The number of benzene rings is 2. The number of fused-ring (bicyclic) bond motifs is 1. The summed E-state index contributed by atoms with van der Waals surface area (Å²) in [5.74, 6) is 0.111. The summed E-state index contributed by atoms with van der Waals surface area (Å²) >= 11 is 0. The van der Waals surface area contributed by atoms with Crippen LogP contribution in [0.25, 0.3) is 0 Å². The van der Waals surface area contributed by atoms with E-state index in [1.165, 1.54) is 6.07 Å². The van der Waals surface area contributed by atoms with E-state index in [2.05, 4.69) is 5.32 Å². The largest absolute Gasteiger partial charge is 0.491 e. The van der Waals surface area contributed by atoms with Gasteiger partial charge in [0.25, 0.3) is 5.91 Å². The highest BCUT2D eigenvalue weighted by Gasteiger charge is 2.26. The zero-order chi connectivity index (χ0) is 18.5. The maximum Gasteiger partial charge on any atom is 0.255 e. The Hall–Kier alpha value is -2.60. The molecule has 0 unspecified atom stereocenters. The lowest BCUT2D eigenvalue weighted by molar-refractivity contribution is 0.0919. The van der Waals surface area contributed by atoms with Gasteiger partial charge in [0, 0.05) is 18.5 Å². The van der Waals surface area contributed by atoms with Gasteiger partial charge in [-0.25, -0.2) is 4.39 Å². The topological polar surface area (TPSA) is 50.8 Å². The second-order valence-corrected chi connectivity index (χ2v) is 6.47. The molecule has 1 aliphatic heterocycles. The number of nitrogens with zero attached hydrogens (tertiary/aromatic N) is 1. The predicted octanol–water partition coefficient (Wildman–Crippen LogP) is 3.02. The van der Waals surface area contributed by atoms with Crippen LogP contribution >= 0.6 is 0 Å². The Labute approximate surface area is 152 Å². The van der Waals surface area contributed by atoms with Gasteiger partial charge in [0.2, 0.25) is 0 Å². The smallest absolute Gasteiger partial charge is 0.255 e. The van der Waals surface area contributed by atoms with Gasteiger partial charge in [-0.15, -0.1) is 0 Å². The van der Waals surface area contributed by atoms with E-state index >= 15 is 0 Å². The molecule has 0 bridgehead atoms. The van der Waals surface area contributed by atoms with Crippen LogP contribution < -0.4 is 14.8 Å². The number of para-hydroxylation sites is 2. The molecule has 3 rings (SSSR count). The molecule has 0 saturated heterocycles. The average molecular weight is 358 g/mol. The number of nitrogens with one attached hydrogen (secondary N) is 1. The summed E-state index contributed by atoms with van der Waals surface area (Å²) in [7, 11) is 3.92. The van der Waals surface area contributed by atoms with Gasteiger partial charge in [-0.3, -0.25) is 4.79 Å². The van der Waals surface area contributed by atoms with Crippen LogP contribution in [0.3, 0.4) is 0 Å². The number of halogens is 1. The van der Waals surface area contributed by atoms with Crippen molar-refractivity contribution in [3.05, 3.63) is 59.4 Å². The molecule has 6 heteroatoms. The molecule has 0 radical (unpaired) electrons. The molecular weight excluding hydrogens is 335 g/mol. The summed E-state index contributed by atoms with van der Waals surface area (Å²) in [6, 6.07) is 11.6. The van der Waals surface area contributed by atoms with Crippen LogP contribution in [0.15, 0.2) is 42.5 Å². The number of ether oxygens (including phenoxy) is 2. The molecule has 5 nitrogen and oxygen atoms in total. The van der Waals surface area contributed by atoms with Gasteiger partial charge in [0.1, 0.15) is 12.4 Å². The van der Waals surface area contributed by atoms with Crippen molar-refractivity contribution < 1.29 is 18.7 Å². The maximum atomic E-state index is 13.9. The summed E-state index contributed by atoms with van der Waals surface area (Å²) in [6.07, 6.45) is 0.589. The first kappa shape index (κ1) is 18.2. The zero-order valence-electron chi connectivity index (χ0n) is 15.0. The number of amides is 1. The van der Waals surface area contributed by atoms with Crippen LogP contribution in [0.4, 0.5) is 4.39 Å². The van der Waals surface area contributed by atoms with Crippen LogP contribution in [0.1, 0.15) is 28.4 Å². The van der Waals surface area contributed by atoms with E-state index in [-0.39, 0.29) is 17.7 Å². The molecule has 0 fully saturated rings. The van der Waals surface area contributed by atoms with E-state index in [4.69, 9.17) is 9.47 Å². The van der Waals surface area contributed by atoms with Crippen molar-refractivity contribution in [2.75, 3.05) is 33.9 Å². The Bertz CT molecular complexity index is 779. The number of carbonyl (C=O) groups is 1. The van der Waals surface area contributed by atoms with Crippen molar-refractivity contribution in [3.63, 3.8) is 0 Å². The molecule has 138 valence electrons. The summed E-state index contributed by atoms with van der Waals surface area (Å²) in [6.45, 7) is 1.60. The molecule has 1 N–H and O–H groups in total. The first-order chi connectivity index (χ1) is 12.6. The molecule has 1 amide bonds. The monoisotopic (exact) mass is 358 g/mol. The van der Waals surface area contributed by atoms with Gasteiger partial charge in [-0.05, 0) is 32.3 Å². The lowest BCUT2D eigenvalue weighted by atomic mass is 9.99. The molecule has 1 atom stereocenters. The van der Waals surface area contributed by atoms with Crippen LogP contribution in [0.5, 0.6) is 11.5 Å². The molecule has 1 heterocycles. The van der Waals surface area contributed by atoms with Crippen LogP contribution in [0, 0.1) is 5.82 Å². The van der Waals surface area contributed by atoms with Crippen molar-refractivity contribution in [2.24, 2.45) is 0 Å². The molecular formula is C20H23FN2O3. The average Bonchev–Trinajstić information content (AvgIpc) is 2.63. The van der Waals surface area contributed by atoms with Crippen LogP contribution in [0.2, 0.25) is 0 Å². The highest BCUT2D eigenvalue weighted by Crippen LogP contribution is 2.34. The fraction of sp³-hybridized carbons (Fsp3) is 0.350. The minimum absolute atomic E-state index is 0.222. The molecule has 0 saturated carbocycles. The first-order valence-corrected chi connectivity index (χ1v) is 8.65. The predicted molar refractivity (Wildman–Crippen MR) is 97.2 cm³/mol. The molecule has 0 spiro atoms. The third kappa shape index (κ3) is 4.14. The van der Waals surface area contributed by atoms with Gasteiger partial charge in [0.05, 0.1) is 18.2 Å². The second kappa shape index (κ2) is 8.19. The normalized spacial score (nSPS) is 15.9. The molecule has 0 aromatic heterocycles.